The van der Waals surface area contributed by atoms with E-state index < -0.39 is 0 Å². The molecular weight excluding hydrogens is 236 g/mol. The molecule has 1 aliphatic heterocycles. The second-order valence-corrected chi connectivity index (χ2v) is 5.32. The van der Waals surface area contributed by atoms with Crippen molar-refractivity contribution in [2.75, 3.05) is 18.0 Å². The molecule has 1 fully saturated rings. The van der Waals surface area contributed by atoms with Crippen molar-refractivity contribution in [2.45, 2.75) is 25.8 Å². The number of nitrogens with two attached hydrogens (primary N) is 1. The van der Waals surface area contributed by atoms with E-state index in [1.54, 1.807) is 0 Å². The zero-order valence-electron chi connectivity index (χ0n) is 11.3. The molecule has 2 heterocycles. The van der Waals surface area contributed by atoms with Gasteiger partial charge in [-0.15, -0.1) is 0 Å². The summed E-state index contributed by atoms with van der Waals surface area (Å²) in [4.78, 5) is 2.38. The van der Waals surface area contributed by atoms with Crippen LogP contribution in [-0.2, 0) is 0 Å². The molecule has 3 N–H and O–H groups in total. The predicted molar refractivity (Wildman–Crippen MR) is 78.2 cm³/mol. The topological polar surface area (TPSA) is 57.9 Å². The van der Waals surface area contributed by atoms with Gasteiger partial charge in [0.05, 0.1) is 17.6 Å². The largest absolute Gasteiger partial charge is 0.368 e. The Bertz CT molecular complexity index is 536. The average molecular weight is 256 g/mol. The third-order valence-corrected chi connectivity index (χ3v) is 3.84. The predicted octanol–water partition coefficient (Wildman–Crippen LogP) is 2.31. The number of piperidine rings is 1. The molecule has 4 nitrogen and oxygen atoms in total. The minimum Gasteiger partial charge on any atom is -0.368 e. The molecule has 0 atom stereocenters. The third-order valence-electron chi connectivity index (χ3n) is 3.84. The molecule has 1 saturated heterocycles. The molecule has 0 bridgehead atoms. The first kappa shape index (κ1) is 12.2. The molecule has 1 aromatic carbocycles. The van der Waals surface area contributed by atoms with Crippen LogP contribution in [0.2, 0.25) is 0 Å². The van der Waals surface area contributed by atoms with Crippen LogP contribution in [0.3, 0.4) is 0 Å². The van der Waals surface area contributed by atoms with Gasteiger partial charge in [0.1, 0.15) is 0 Å². The lowest BCUT2D eigenvalue weighted by Crippen LogP contribution is -2.39. The maximum Gasteiger partial charge on any atom is 0.0884 e. The molecule has 3 rings (SSSR count). The number of aromatic nitrogens is 2. The van der Waals surface area contributed by atoms with E-state index in [9.17, 15) is 0 Å². The molecule has 0 radical (unpaired) electrons. The molecule has 0 amide bonds. The van der Waals surface area contributed by atoms with E-state index in [1.165, 1.54) is 16.8 Å². The molecule has 4 heteroatoms. The summed E-state index contributed by atoms with van der Waals surface area (Å²) in [5.74, 6) is 0. The number of benzene rings is 1. The molecule has 100 valence electrons. The number of aryl methyl sites for hydroxylation is 1. The molecule has 0 saturated carbocycles. The summed E-state index contributed by atoms with van der Waals surface area (Å²) in [6, 6.07) is 8.90. The first-order valence-corrected chi connectivity index (χ1v) is 6.85. The van der Waals surface area contributed by atoms with Gasteiger partial charge >= 0.3 is 0 Å². The van der Waals surface area contributed by atoms with Crippen molar-refractivity contribution in [1.82, 2.24) is 10.2 Å². The summed E-state index contributed by atoms with van der Waals surface area (Å²) in [5.41, 5.74) is 10.7. The van der Waals surface area contributed by atoms with Crippen LogP contribution in [0.4, 0.5) is 5.69 Å². The van der Waals surface area contributed by atoms with Crippen LogP contribution < -0.4 is 10.6 Å². The van der Waals surface area contributed by atoms with Crippen LogP contribution in [-0.4, -0.2) is 29.3 Å². The Morgan fingerprint density at radius 2 is 1.89 bits per heavy atom. The summed E-state index contributed by atoms with van der Waals surface area (Å²) >= 11 is 0. The number of rotatable bonds is 2. The van der Waals surface area contributed by atoms with Crippen molar-refractivity contribution in [2.24, 2.45) is 5.73 Å². The second-order valence-electron chi connectivity index (χ2n) is 5.32. The van der Waals surface area contributed by atoms with Crippen LogP contribution in [0.5, 0.6) is 0 Å². The van der Waals surface area contributed by atoms with E-state index in [4.69, 9.17) is 5.73 Å². The normalized spacial score (nSPS) is 16.8. The highest BCUT2D eigenvalue weighted by atomic mass is 15.2. The van der Waals surface area contributed by atoms with Gasteiger partial charge in [0.2, 0.25) is 0 Å². The zero-order valence-corrected chi connectivity index (χ0v) is 11.3. The number of hydrogen-bond donors (Lipinski definition) is 2. The maximum atomic E-state index is 5.97. The molecule has 1 aromatic heterocycles. The van der Waals surface area contributed by atoms with Gasteiger partial charge in [0.25, 0.3) is 0 Å². The number of hydrogen-bond acceptors (Lipinski definition) is 3. The highest BCUT2D eigenvalue weighted by Gasteiger charge is 2.20. The molecule has 0 spiro atoms. The van der Waals surface area contributed by atoms with Gasteiger partial charge in [-0.1, -0.05) is 29.8 Å². The van der Waals surface area contributed by atoms with E-state index in [-0.39, 0.29) is 0 Å². The summed E-state index contributed by atoms with van der Waals surface area (Å²) in [7, 11) is 0. The minimum atomic E-state index is 0.353. The van der Waals surface area contributed by atoms with Crippen LogP contribution in [0, 0.1) is 6.92 Å². The van der Waals surface area contributed by atoms with Crippen LogP contribution in [0.15, 0.2) is 30.5 Å². The lowest BCUT2D eigenvalue weighted by Gasteiger charge is -2.31. The summed E-state index contributed by atoms with van der Waals surface area (Å²) in [6.45, 7) is 4.13. The Balaban J connectivity index is 1.88. The van der Waals surface area contributed by atoms with Crippen LogP contribution >= 0.6 is 0 Å². The monoisotopic (exact) mass is 256 g/mol. The smallest absolute Gasteiger partial charge is 0.0884 e. The highest BCUT2D eigenvalue weighted by Crippen LogP contribution is 2.30. The van der Waals surface area contributed by atoms with E-state index in [0.29, 0.717) is 6.04 Å². The Hall–Kier alpha value is -1.81. The van der Waals surface area contributed by atoms with Crippen molar-refractivity contribution >= 4 is 5.69 Å². The van der Waals surface area contributed by atoms with E-state index in [2.05, 4.69) is 46.3 Å². The Morgan fingerprint density at radius 3 is 2.58 bits per heavy atom. The molecule has 2 aromatic rings. The van der Waals surface area contributed by atoms with Gasteiger partial charge in [-0.3, -0.25) is 5.10 Å². The summed E-state index contributed by atoms with van der Waals surface area (Å²) in [5, 5.41) is 7.34. The van der Waals surface area contributed by atoms with Crippen molar-refractivity contribution in [3.63, 3.8) is 0 Å². The van der Waals surface area contributed by atoms with Crippen LogP contribution in [0.25, 0.3) is 11.3 Å². The SMILES string of the molecule is Cc1ccc(-c2[nH]ncc2N2CCC(N)CC2)cc1. The number of anilines is 1. The Labute approximate surface area is 113 Å². The third kappa shape index (κ3) is 2.49. The Morgan fingerprint density at radius 1 is 1.21 bits per heavy atom. The molecule has 1 aliphatic rings. The average Bonchev–Trinajstić information content (AvgIpc) is 2.90. The van der Waals surface area contributed by atoms with E-state index >= 15 is 0 Å². The Kier molecular flexibility index (Phi) is 3.25. The van der Waals surface area contributed by atoms with Gasteiger partial charge in [0, 0.05) is 24.7 Å². The van der Waals surface area contributed by atoms with Gasteiger partial charge < -0.3 is 10.6 Å². The number of H-pyrrole nitrogens is 1. The standard InChI is InChI=1S/C15H20N4/c1-11-2-4-12(5-3-11)15-14(10-17-18-15)19-8-6-13(16)7-9-19/h2-5,10,13H,6-9,16H2,1H3,(H,17,18). The number of nitrogens with zero attached hydrogens (tertiary/aromatic N) is 2. The quantitative estimate of drug-likeness (QED) is 0.867. The van der Waals surface area contributed by atoms with Crippen molar-refractivity contribution in [3.05, 3.63) is 36.0 Å². The second kappa shape index (κ2) is 5.05. The lowest BCUT2D eigenvalue weighted by molar-refractivity contribution is 0.501. The van der Waals surface area contributed by atoms with Crippen molar-refractivity contribution in [3.8, 4) is 11.3 Å². The minimum absolute atomic E-state index is 0.353. The van der Waals surface area contributed by atoms with Gasteiger partial charge in [-0.05, 0) is 19.8 Å². The van der Waals surface area contributed by atoms with E-state index in [1.807, 2.05) is 6.20 Å². The van der Waals surface area contributed by atoms with Crippen molar-refractivity contribution in [1.29, 1.82) is 0 Å². The molecule has 0 aliphatic carbocycles. The number of aromatic amines is 1. The molecular formula is C15H20N4. The zero-order chi connectivity index (χ0) is 13.2. The van der Waals surface area contributed by atoms with Gasteiger partial charge in [-0.25, -0.2) is 0 Å². The first-order chi connectivity index (χ1) is 9.24. The fourth-order valence-electron chi connectivity index (χ4n) is 2.59. The fourth-order valence-corrected chi connectivity index (χ4v) is 2.59. The van der Waals surface area contributed by atoms with E-state index in [0.717, 1.165) is 31.6 Å². The first-order valence-electron chi connectivity index (χ1n) is 6.85. The highest BCUT2D eigenvalue weighted by molar-refractivity contribution is 5.74. The fraction of sp³-hybridized carbons (Fsp3) is 0.400. The maximum absolute atomic E-state index is 5.97. The van der Waals surface area contributed by atoms with Gasteiger partial charge in [-0.2, -0.15) is 5.10 Å². The molecule has 19 heavy (non-hydrogen) atoms. The summed E-state index contributed by atoms with van der Waals surface area (Å²) < 4.78 is 0. The summed E-state index contributed by atoms with van der Waals surface area (Å²) in [6.07, 6.45) is 4.03. The van der Waals surface area contributed by atoms with Crippen molar-refractivity contribution < 1.29 is 0 Å². The number of nitrogens with one attached hydrogen (secondary N) is 1. The van der Waals surface area contributed by atoms with Crippen LogP contribution in [0.1, 0.15) is 18.4 Å². The lowest BCUT2D eigenvalue weighted by atomic mass is 10.0. The van der Waals surface area contributed by atoms with Gasteiger partial charge in [0.15, 0.2) is 0 Å². The molecule has 0 unspecified atom stereocenters.